The van der Waals surface area contributed by atoms with Crippen molar-refractivity contribution in [2.24, 2.45) is 0 Å². The van der Waals surface area contributed by atoms with E-state index in [4.69, 9.17) is 0 Å². The number of hydrogen-bond donors (Lipinski definition) is 0. The molecule has 0 N–H and O–H groups in total. The van der Waals surface area contributed by atoms with Crippen LogP contribution in [0.3, 0.4) is 0 Å². The molecule has 0 heterocycles. The molecule has 1 aromatic rings. The first-order chi connectivity index (χ1) is 6.42. The number of benzene rings is 1. The molecule has 1 rings (SSSR count). The molecular formula is C12H20Si2. The molecule has 0 unspecified atom stereocenters. The maximum absolute atomic E-state index is 4.02. The van der Waals surface area contributed by atoms with Gasteiger partial charge in [0.15, 0.2) is 0 Å². The molecule has 0 saturated heterocycles. The quantitative estimate of drug-likeness (QED) is 0.687. The minimum Gasteiger partial charge on any atom is -0.107 e. The number of hydrogen-bond acceptors (Lipinski definition) is 0. The topological polar surface area (TPSA) is 0 Å². The Hall–Kier alpha value is -0.606. The van der Waals surface area contributed by atoms with Gasteiger partial charge < -0.3 is 0 Å². The van der Waals surface area contributed by atoms with E-state index in [9.17, 15) is 0 Å². The zero-order valence-corrected chi connectivity index (χ0v) is 11.7. The van der Waals surface area contributed by atoms with Crippen molar-refractivity contribution in [2.45, 2.75) is 26.2 Å². The monoisotopic (exact) mass is 220 g/mol. The first-order valence-electron chi connectivity index (χ1n) is 5.11. The van der Waals surface area contributed by atoms with Crippen molar-refractivity contribution in [3.05, 3.63) is 42.6 Å². The van der Waals surface area contributed by atoms with Crippen LogP contribution < -0.4 is 5.19 Å². The highest BCUT2D eigenvalue weighted by Gasteiger charge is 2.39. The van der Waals surface area contributed by atoms with Crippen molar-refractivity contribution in [1.82, 2.24) is 0 Å². The SMILES string of the molecule is C=C[Si](C)(C)[Si](C)(C)c1ccccc1. The van der Waals surface area contributed by atoms with E-state index in [1.807, 2.05) is 0 Å². The van der Waals surface area contributed by atoms with E-state index in [2.05, 4.69) is 68.8 Å². The van der Waals surface area contributed by atoms with Crippen molar-refractivity contribution in [2.75, 3.05) is 0 Å². The Morgan fingerprint density at radius 2 is 1.50 bits per heavy atom. The van der Waals surface area contributed by atoms with Crippen LogP contribution in [0.15, 0.2) is 42.6 Å². The molecule has 0 amide bonds. The van der Waals surface area contributed by atoms with Crippen LogP contribution in [0.25, 0.3) is 0 Å². The lowest BCUT2D eigenvalue weighted by atomic mass is 10.4. The lowest BCUT2D eigenvalue weighted by molar-refractivity contribution is 1.70. The highest BCUT2D eigenvalue weighted by Crippen LogP contribution is 2.19. The van der Waals surface area contributed by atoms with E-state index in [0.717, 1.165) is 0 Å². The van der Waals surface area contributed by atoms with E-state index in [-0.39, 0.29) is 0 Å². The van der Waals surface area contributed by atoms with Crippen molar-refractivity contribution in [1.29, 1.82) is 0 Å². The standard InChI is InChI=1S/C12H20Si2/c1-6-13(2,3)14(4,5)12-10-8-7-9-11-12/h6-11H,1H2,2-5H3. The van der Waals surface area contributed by atoms with Gasteiger partial charge in [-0.2, -0.15) is 0 Å². The fourth-order valence-electron chi connectivity index (χ4n) is 1.48. The van der Waals surface area contributed by atoms with Gasteiger partial charge in [0.2, 0.25) is 0 Å². The van der Waals surface area contributed by atoms with Crippen LogP contribution in [0.1, 0.15) is 0 Å². The molecule has 0 saturated carbocycles. The zero-order chi connectivity index (χ0) is 10.8. The summed E-state index contributed by atoms with van der Waals surface area (Å²) in [6.45, 7) is 13.8. The van der Waals surface area contributed by atoms with Gasteiger partial charge in [-0.25, -0.2) is 0 Å². The van der Waals surface area contributed by atoms with Crippen LogP contribution in [0.2, 0.25) is 26.2 Å². The van der Waals surface area contributed by atoms with Gasteiger partial charge in [-0.15, -0.1) is 12.3 Å². The van der Waals surface area contributed by atoms with Gasteiger partial charge in [0, 0.05) is 0 Å². The average molecular weight is 220 g/mol. The molecule has 0 aliphatic rings. The van der Waals surface area contributed by atoms with Gasteiger partial charge in [-0.05, 0) is 0 Å². The third-order valence-corrected chi connectivity index (χ3v) is 20.8. The van der Waals surface area contributed by atoms with E-state index < -0.39 is 15.2 Å². The molecule has 1 aromatic carbocycles. The maximum Gasteiger partial charge on any atom is 0.0783 e. The van der Waals surface area contributed by atoms with Crippen molar-refractivity contribution in [3.63, 3.8) is 0 Å². The predicted molar refractivity (Wildman–Crippen MR) is 71.2 cm³/mol. The molecule has 0 aliphatic heterocycles. The van der Waals surface area contributed by atoms with Crippen LogP contribution in [-0.4, -0.2) is 15.2 Å². The Kier molecular flexibility index (Phi) is 3.17. The summed E-state index contributed by atoms with van der Waals surface area (Å²) in [5.74, 6) is 0. The Balaban J connectivity index is 3.14. The third kappa shape index (κ3) is 1.91. The second-order valence-corrected chi connectivity index (χ2v) is 20.2. The zero-order valence-electron chi connectivity index (χ0n) is 9.67. The molecule has 0 nitrogen and oxygen atoms in total. The molecular weight excluding hydrogens is 200 g/mol. The molecule has 2 heteroatoms. The number of rotatable bonds is 3. The first kappa shape index (κ1) is 11.5. The van der Waals surface area contributed by atoms with Gasteiger partial charge in [0.1, 0.15) is 0 Å². The average Bonchev–Trinajstić information content (AvgIpc) is 2.19. The molecule has 14 heavy (non-hydrogen) atoms. The van der Waals surface area contributed by atoms with Crippen LogP contribution in [-0.2, 0) is 0 Å². The van der Waals surface area contributed by atoms with Gasteiger partial charge in [0.05, 0.1) is 15.2 Å². The second kappa shape index (κ2) is 3.87. The molecule has 0 aromatic heterocycles. The van der Waals surface area contributed by atoms with E-state index in [1.165, 1.54) is 0 Å². The van der Waals surface area contributed by atoms with Gasteiger partial charge >= 0.3 is 0 Å². The highest BCUT2D eigenvalue weighted by molar-refractivity contribution is 7.47. The molecule has 0 radical (unpaired) electrons. The third-order valence-electron chi connectivity index (χ3n) is 3.62. The summed E-state index contributed by atoms with van der Waals surface area (Å²) in [6.07, 6.45) is 0. The summed E-state index contributed by atoms with van der Waals surface area (Å²) in [4.78, 5) is 0. The minimum absolute atomic E-state index is 1.24. The summed E-state index contributed by atoms with van der Waals surface area (Å²) in [7, 11) is -2.53. The largest absolute Gasteiger partial charge is 0.107 e. The lowest BCUT2D eigenvalue weighted by Crippen LogP contribution is -2.61. The van der Waals surface area contributed by atoms with Gasteiger partial charge in [-0.3, -0.25) is 0 Å². The molecule has 0 fully saturated rings. The summed E-state index contributed by atoms with van der Waals surface area (Å²) >= 11 is 0. The Morgan fingerprint density at radius 1 is 1.00 bits per heavy atom. The van der Waals surface area contributed by atoms with Crippen molar-refractivity contribution in [3.8, 4) is 0 Å². The van der Waals surface area contributed by atoms with Crippen LogP contribution in [0.4, 0.5) is 0 Å². The fraction of sp³-hybridized carbons (Fsp3) is 0.333. The summed E-state index contributed by atoms with van der Waals surface area (Å²) in [5, 5.41) is 1.57. The molecule has 0 spiro atoms. The lowest BCUT2D eigenvalue weighted by Gasteiger charge is -2.36. The summed E-state index contributed by atoms with van der Waals surface area (Å²) in [6, 6.07) is 11.0. The second-order valence-electron chi connectivity index (χ2n) is 4.92. The summed E-state index contributed by atoms with van der Waals surface area (Å²) < 4.78 is 0. The van der Waals surface area contributed by atoms with E-state index in [1.54, 1.807) is 5.19 Å². The normalized spacial score (nSPS) is 12.6. The Bertz CT molecular complexity index is 312. The maximum atomic E-state index is 4.02. The summed E-state index contributed by atoms with van der Waals surface area (Å²) in [5.41, 5.74) is 2.24. The van der Waals surface area contributed by atoms with Gasteiger partial charge in [0.25, 0.3) is 0 Å². The highest BCUT2D eigenvalue weighted by atomic mass is 29.3. The van der Waals surface area contributed by atoms with E-state index >= 15 is 0 Å². The first-order valence-corrected chi connectivity index (χ1v) is 12.2. The van der Waals surface area contributed by atoms with Crippen LogP contribution in [0.5, 0.6) is 0 Å². The molecule has 0 bridgehead atoms. The fourth-order valence-corrected chi connectivity index (χ4v) is 8.03. The van der Waals surface area contributed by atoms with Crippen molar-refractivity contribution >= 4 is 20.4 Å². The molecule has 76 valence electrons. The Labute approximate surface area is 89.5 Å². The van der Waals surface area contributed by atoms with E-state index in [0.29, 0.717) is 0 Å². The smallest absolute Gasteiger partial charge is 0.0783 e. The van der Waals surface area contributed by atoms with Crippen LogP contribution in [0, 0.1) is 0 Å². The minimum atomic E-state index is -1.29. The van der Waals surface area contributed by atoms with Crippen LogP contribution >= 0.6 is 0 Å². The van der Waals surface area contributed by atoms with Crippen molar-refractivity contribution < 1.29 is 0 Å². The molecule has 0 aliphatic carbocycles. The molecule has 0 atom stereocenters. The van der Waals surface area contributed by atoms with Gasteiger partial charge in [-0.1, -0.05) is 61.7 Å². The Morgan fingerprint density at radius 3 is 1.93 bits per heavy atom. The predicted octanol–water partition coefficient (Wildman–Crippen LogP) is 3.11.